The minimum atomic E-state index is -0.785. The number of rotatable bonds is 64. The van der Waals surface area contributed by atoms with Gasteiger partial charge in [-0.25, -0.2) is 0 Å². The summed E-state index contributed by atoms with van der Waals surface area (Å²) < 4.78 is 17.0. The summed E-state index contributed by atoms with van der Waals surface area (Å²) in [5.41, 5.74) is 0. The zero-order valence-electron chi connectivity index (χ0n) is 54.2. The van der Waals surface area contributed by atoms with Crippen LogP contribution >= 0.6 is 0 Å². The summed E-state index contributed by atoms with van der Waals surface area (Å²) in [6.45, 7) is 6.54. The largest absolute Gasteiger partial charge is 0.462 e. The molecule has 0 aromatic rings. The molecule has 1 unspecified atom stereocenters. The Morgan fingerprint density at radius 1 is 0.256 bits per heavy atom. The molecule has 1 atom stereocenters. The molecule has 0 spiro atoms. The molecular weight excluding hydrogens is 1010 g/mol. The number of unbranched alkanes of at least 4 members (excludes halogenated alkanes) is 37. The maximum atomic E-state index is 13.0. The van der Waals surface area contributed by atoms with Gasteiger partial charge in [0.1, 0.15) is 13.2 Å². The first-order valence-electron chi connectivity index (χ1n) is 35.2. The van der Waals surface area contributed by atoms with Crippen LogP contribution in [0.5, 0.6) is 0 Å². The minimum absolute atomic E-state index is 0.0802. The van der Waals surface area contributed by atoms with Gasteiger partial charge in [0.2, 0.25) is 0 Å². The first-order valence-corrected chi connectivity index (χ1v) is 35.2. The fourth-order valence-electron chi connectivity index (χ4n) is 10.0. The Hall–Kier alpha value is -3.67. The van der Waals surface area contributed by atoms with Gasteiger partial charge in [0.25, 0.3) is 0 Å². The molecule has 0 heterocycles. The van der Waals surface area contributed by atoms with Crippen LogP contribution < -0.4 is 0 Å². The van der Waals surface area contributed by atoms with Crippen LogP contribution in [0, 0.1) is 0 Å². The molecule has 0 aromatic heterocycles. The summed E-state index contributed by atoms with van der Waals surface area (Å²) in [5.74, 6) is -0.878. The number of carbonyl (C=O) groups excluding carboxylic acids is 3. The Kier molecular flexibility index (Phi) is 66.7. The standard InChI is InChI=1S/C76H132O6/c1-4-7-10-13-16-19-22-25-28-30-32-34-35-36-37-38-39-40-41-43-44-46-48-51-54-57-60-63-66-69-75(78)81-72-73(71-80-74(77)68-65-62-59-56-53-50-27-24-21-18-15-12-9-6-3)82-76(79)70-67-64-61-58-55-52-49-47-45-42-33-31-29-26-23-20-17-14-11-8-5-2/h7,10,16,19,23-28,31-34,36-37,73H,4-6,8-9,11-15,17-18,20-22,29-30,35,38-72H2,1-3H3/b10-7-,19-16-,26-23-,27-24-,28-25-,33-31-,34-32-,37-36-. The molecule has 6 heteroatoms. The highest BCUT2D eigenvalue weighted by Gasteiger charge is 2.19. The zero-order valence-corrected chi connectivity index (χ0v) is 54.2. The Balaban J connectivity index is 4.29. The Bertz CT molecular complexity index is 1590. The highest BCUT2D eigenvalue weighted by atomic mass is 16.6. The van der Waals surface area contributed by atoms with Crippen molar-refractivity contribution >= 4 is 17.9 Å². The molecule has 0 aliphatic rings. The van der Waals surface area contributed by atoms with Gasteiger partial charge in [-0.15, -0.1) is 0 Å². The Labute approximate surface area is 508 Å². The number of allylic oxidation sites excluding steroid dienone is 16. The van der Waals surface area contributed by atoms with Crippen molar-refractivity contribution in [3.05, 3.63) is 97.2 Å². The van der Waals surface area contributed by atoms with Gasteiger partial charge in [0.05, 0.1) is 0 Å². The van der Waals surface area contributed by atoms with Crippen LogP contribution in [0.3, 0.4) is 0 Å². The topological polar surface area (TPSA) is 78.9 Å². The molecule has 82 heavy (non-hydrogen) atoms. The lowest BCUT2D eigenvalue weighted by Crippen LogP contribution is -2.30. The molecular formula is C76H132O6. The average molecular weight is 1140 g/mol. The predicted octanol–water partition coefficient (Wildman–Crippen LogP) is 24.4. The lowest BCUT2D eigenvalue weighted by atomic mass is 10.0. The number of hydrogen-bond donors (Lipinski definition) is 0. The van der Waals surface area contributed by atoms with E-state index in [0.717, 1.165) is 103 Å². The fourth-order valence-corrected chi connectivity index (χ4v) is 10.0. The molecule has 0 amide bonds. The summed E-state index contributed by atoms with van der Waals surface area (Å²) in [5, 5.41) is 0. The zero-order chi connectivity index (χ0) is 59.2. The van der Waals surface area contributed by atoms with Gasteiger partial charge in [-0.2, -0.15) is 0 Å². The van der Waals surface area contributed by atoms with E-state index < -0.39 is 6.10 Å². The lowest BCUT2D eigenvalue weighted by Gasteiger charge is -2.18. The molecule has 0 radical (unpaired) electrons. The van der Waals surface area contributed by atoms with Gasteiger partial charge >= 0.3 is 17.9 Å². The van der Waals surface area contributed by atoms with Crippen molar-refractivity contribution in [1.29, 1.82) is 0 Å². The first kappa shape index (κ1) is 78.3. The van der Waals surface area contributed by atoms with Crippen molar-refractivity contribution in [2.75, 3.05) is 13.2 Å². The van der Waals surface area contributed by atoms with E-state index in [1.54, 1.807) is 0 Å². The minimum Gasteiger partial charge on any atom is -0.462 e. The number of ether oxygens (including phenoxy) is 3. The third kappa shape index (κ3) is 67.1. The van der Waals surface area contributed by atoms with Crippen molar-refractivity contribution in [2.24, 2.45) is 0 Å². The van der Waals surface area contributed by atoms with Crippen LogP contribution in [0.1, 0.15) is 348 Å². The summed E-state index contributed by atoms with van der Waals surface area (Å²) >= 11 is 0. The average Bonchev–Trinajstić information content (AvgIpc) is 3.47. The monoisotopic (exact) mass is 1140 g/mol. The van der Waals surface area contributed by atoms with Crippen molar-refractivity contribution in [2.45, 2.75) is 354 Å². The molecule has 6 nitrogen and oxygen atoms in total. The van der Waals surface area contributed by atoms with E-state index in [9.17, 15) is 14.4 Å². The second-order valence-corrected chi connectivity index (χ2v) is 23.4. The van der Waals surface area contributed by atoms with Gasteiger partial charge < -0.3 is 14.2 Å². The number of esters is 3. The van der Waals surface area contributed by atoms with Crippen LogP contribution in [0.25, 0.3) is 0 Å². The van der Waals surface area contributed by atoms with E-state index in [-0.39, 0.29) is 31.1 Å². The number of hydrogen-bond acceptors (Lipinski definition) is 6. The SMILES string of the molecule is CC/C=C\C/C=C\C/C=C\C/C=C\C/C=C\CCCCCCCCCCCCCCCC(=O)OCC(COC(=O)CCCCCCC/C=C\CCCCCCC)OC(=O)CCCCCCCCCCC/C=C\C/C=C\CCCCCCC. The Morgan fingerprint density at radius 3 is 0.756 bits per heavy atom. The highest BCUT2D eigenvalue weighted by Crippen LogP contribution is 2.17. The van der Waals surface area contributed by atoms with Crippen LogP contribution in [0.15, 0.2) is 97.2 Å². The van der Waals surface area contributed by atoms with Crippen LogP contribution in [0.4, 0.5) is 0 Å². The summed E-state index contributed by atoms with van der Waals surface area (Å²) in [6, 6.07) is 0. The van der Waals surface area contributed by atoms with E-state index >= 15 is 0 Å². The first-order chi connectivity index (χ1) is 40.5. The summed E-state index contributed by atoms with van der Waals surface area (Å²) in [7, 11) is 0. The van der Waals surface area contributed by atoms with E-state index in [2.05, 4.69) is 118 Å². The molecule has 0 N–H and O–H groups in total. The van der Waals surface area contributed by atoms with Gasteiger partial charge in [-0.1, -0.05) is 304 Å². The third-order valence-corrected chi connectivity index (χ3v) is 15.3. The van der Waals surface area contributed by atoms with Gasteiger partial charge in [0, 0.05) is 19.3 Å². The van der Waals surface area contributed by atoms with Crippen molar-refractivity contribution < 1.29 is 28.6 Å². The van der Waals surface area contributed by atoms with E-state index in [0.29, 0.717) is 19.3 Å². The van der Waals surface area contributed by atoms with Crippen LogP contribution in [0.2, 0.25) is 0 Å². The second kappa shape index (κ2) is 69.8. The Morgan fingerprint density at radius 2 is 0.476 bits per heavy atom. The van der Waals surface area contributed by atoms with Gasteiger partial charge in [0.15, 0.2) is 6.10 Å². The highest BCUT2D eigenvalue weighted by molar-refractivity contribution is 5.71. The normalized spacial score (nSPS) is 12.7. The molecule has 0 rings (SSSR count). The maximum absolute atomic E-state index is 13.0. The van der Waals surface area contributed by atoms with E-state index in [1.165, 1.54) is 205 Å². The van der Waals surface area contributed by atoms with E-state index in [4.69, 9.17) is 14.2 Å². The molecule has 0 fully saturated rings. The smallest absolute Gasteiger partial charge is 0.306 e. The van der Waals surface area contributed by atoms with Gasteiger partial charge in [-0.05, 0) is 122 Å². The molecule has 0 aliphatic carbocycles. The van der Waals surface area contributed by atoms with Crippen molar-refractivity contribution in [1.82, 2.24) is 0 Å². The second-order valence-electron chi connectivity index (χ2n) is 23.4. The van der Waals surface area contributed by atoms with Crippen LogP contribution in [-0.4, -0.2) is 37.2 Å². The summed E-state index contributed by atoms with van der Waals surface area (Å²) in [4.78, 5) is 38.4. The lowest BCUT2D eigenvalue weighted by molar-refractivity contribution is -0.167. The third-order valence-electron chi connectivity index (χ3n) is 15.3. The van der Waals surface area contributed by atoms with Crippen molar-refractivity contribution in [3.63, 3.8) is 0 Å². The fraction of sp³-hybridized carbons (Fsp3) is 0.750. The maximum Gasteiger partial charge on any atom is 0.306 e. The summed E-state index contributed by atoms with van der Waals surface area (Å²) in [6.07, 6.45) is 94.3. The molecule has 0 saturated carbocycles. The van der Waals surface area contributed by atoms with Gasteiger partial charge in [-0.3, -0.25) is 14.4 Å². The quantitative estimate of drug-likeness (QED) is 0.0261. The molecule has 472 valence electrons. The molecule has 0 bridgehead atoms. The molecule has 0 saturated heterocycles. The molecule has 0 aromatic carbocycles. The molecule has 0 aliphatic heterocycles. The van der Waals surface area contributed by atoms with E-state index in [1.807, 2.05) is 0 Å². The number of carbonyl (C=O) groups is 3. The predicted molar refractivity (Wildman–Crippen MR) is 357 cm³/mol. The van der Waals surface area contributed by atoms with Crippen molar-refractivity contribution in [3.8, 4) is 0 Å². The van der Waals surface area contributed by atoms with Crippen LogP contribution in [-0.2, 0) is 28.6 Å².